The molecule has 0 fully saturated rings. The molecule has 1 atom stereocenters. The molecule has 1 N–H and O–H groups in total. The summed E-state index contributed by atoms with van der Waals surface area (Å²) >= 11 is 5.87. The monoisotopic (exact) mass is 241 g/mol. The maximum absolute atomic E-state index is 11.6. The summed E-state index contributed by atoms with van der Waals surface area (Å²) in [7, 11) is 1.35. The number of halogens is 1. The Morgan fingerprint density at radius 2 is 2.38 bits per heavy atom. The van der Waals surface area contributed by atoms with Crippen molar-refractivity contribution >= 4 is 23.3 Å². The zero-order chi connectivity index (χ0) is 11.8. The number of hydrogen-bond donors (Lipinski definition) is 1. The van der Waals surface area contributed by atoms with Crippen LogP contribution in [0.3, 0.4) is 0 Å². The minimum atomic E-state index is -0.869. The number of esters is 1. The fraction of sp³-hybridized carbons (Fsp3) is 0.364. The van der Waals surface area contributed by atoms with Gasteiger partial charge in [-0.1, -0.05) is 11.6 Å². The molecule has 1 aliphatic rings. The summed E-state index contributed by atoms with van der Waals surface area (Å²) in [6, 6.07) is 5.22. The molecule has 4 nitrogen and oxygen atoms in total. The third-order valence-electron chi connectivity index (χ3n) is 2.50. The number of carbonyl (C=O) groups is 1. The first-order valence-electron chi connectivity index (χ1n) is 4.84. The first-order valence-corrected chi connectivity index (χ1v) is 5.22. The van der Waals surface area contributed by atoms with Gasteiger partial charge in [-0.15, -0.1) is 0 Å². The van der Waals surface area contributed by atoms with E-state index < -0.39 is 5.54 Å². The molecule has 1 heterocycles. The van der Waals surface area contributed by atoms with E-state index in [1.807, 2.05) is 0 Å². The molecule has 0 saturated carbocycles. The van der Waals surface area contributed by atoms with Gasteiger partial charge in [0.15, 0.2) is 5.54 Å². The van der Waals surface area contributed by atoms with Crippen LogP contribution in [-0.2, 0) is 9.53 Å². The summed E-state index contributed by atoms with van der Waals surface area (Å²) < 4.78 is 10.2. The Hall–Kier alpha value is -1.42. The molecule has 0 bridgehead atoms. The normalized spacial score (nSPS) is 22.7. The van der Waals surface area contributed by atoms with E-state index >= 15 is 0 Å². The number of rotatable bonds is 1. The lowest BCUT2D eigenvalue weighted by Crippen LogP contribution is -2.51. The van der Waals surface area contributed by atoms with Gasteiger partial charge in [0.1, 0.15) is 12.4 Å². The van der Waals surface area contributed by atoms with Gasteiger partial charge in [-0.2, -0.15) is 0 Å². The minimum absolute atomic E-state index is 0.230. The Morgan fingerprint density at radius 3 is 3.06 bits per heavy atom. The fourth-order valence-electron chi connectivity index (χ4n) is 1.62. The van der Waals surface area contributed by atoms with Gasteiger partial charge in [0.25, 0.3) is 0 Å². The van der Waals surface area contributed by atoms with Crippen molar-refractivity contribution < 1.29 is 14.3 Å². The number of hydrogen-bond acceptors (Lipinski definition) is 4. The SMILES string of the molecule is COC(=O)C1(C)COc2ccc(Cl)cc2N1. The van der Waals surface area contributed by atoms with Crippen LogP contribution in [0, 0.1) is 0 Å². The van der Waals surface area contributed by atoms with Crippen molar-refractivity contribution in [2.45, 2.75) is 12.5 Å². The number of ether oxygens (including phenoxy) is 2. The second-order valence-electron chi connectivity index (χ2n) is 3.88. The van der Waals surface area contributed by atoms with Crippen LogP contribution in [0.5, 0.6) is 5.75 Å². The van der Waals surface area contributed by atoms with Gasteiger partial charge in [-0.25, -0.2) is 4.79 Å². The molecule has 1 unspecified atom stereocenters. The highest BCUT2D eigenvalue weighted by molar-refractivity contribution is 6.31. The zero-order valence-electron chi connectivity index (χ0n) is 9.04. The Bertz CT molecular complexity index is 435. The largest absolute Gasteiger partial charge is 0.488 e. The van der Waals surface area contributed by atoms with Crippen LogP contribution in [0.25, 0.3) is 0 Å². The van der Waals surface area contributed by atoms with Crippen molar-refractivity contribution in [1.82, 2.24) is 0 Å². The average Bonchev–Trinajstić information content (AvgIpc) is 2.27. The number of carbonyl (C=O) groups excluding carboxylic acids is 1. The van der Waals surface area contributed by atoms with Crippen LogP contribution in [0.2, 0.25) is 5.02 Å². The van der Waals surface area contributed by atoms with Crippen molar-refractivity contribution in [2.24, 2.45) is 0 Å². The molecule has 0 saturated heterocycles. The molecule has 0 spiro atoms. The number of fused-ring (bicyclic) bond motifs is 1. The minimum Gasteiger partial charge on any atom is -0.488 e. The maximum atomic E-state index is 11.6. The van der Waals surface area contributed by atoms with E-state index in [2.05, 4.69) is 5.32 Å². The number of benzene rings is 1. The molecule has 0 aliphatic carbocycles. The Labute approximate surface area is 98.5 Å². The summed E-state index contributed by atoms with van der Waals surface area (Å²) in [6.07, 6.45) is 0. The molecule has 16 heavy (non-hydrogen) atoms. The predicted molar refractivity (Wildman–Crippen MR) is 61.0 cm³/mol. The fourth-order valence-corrected chi connectivity index (χ4v) is 1.79. The molecular formula is C11H12ClNO3. The second kappa shape index (κ2) is 3.87. The predicted octanol–water partition coefficient (Wildman–Crippen LogP) is 2.08. The maximum Gasteiger partial charge on any atom is 0.334 e. The van der Waals surface area contributed by atoms with Gasteiger partial charge < -0.3 is 14.8 Å². The molecule has 1 aromatic rings. The van der Waals surface area contributed by atoms with Crippen LogP contribution in [0.4, 0.5) is 5.69 Å². The second-order valence-corrected chi connectivity index (χ2v) is 4.31. The summed E-state index contributed by atoms with van der Waals surface area (Å²) in [4.78, 5) is 11.6. The summed E-state index contributed by atoms with van der Waals surface area (Å²) in [6.45, 7) is 1.96. The quantitative estimate of drug-likeness (QED) is 0.765. The number of methoxy groups -OCH3 is 1. The third kappa shape index (κ3) is 1.80. The van der Waals surface area contributed by atoms with E-state index in [0.29, 0.717) is 16.5 Å². The summed E-state index contributed by atoms with van der Waals surface area (Å²) in [5.41, 5.74) is -0.168. The first kappa shape index (κ1) is 11.1. The van der Waals surface area contributed by atoms with Crippen molar-refractivity contribution in [3.05, 3.63) is 23.2 Å². The van der Waals surface area contributed by atoms with Crippen molar-refractivity contribution in [1.29, 1.82) is 0 Å². The lowest BCUT2D eigenvalue weighted by molar-refractivity contribution is -0.146. The van der Waals surface area contributed by atoms with Gasteiger partial charge in [0, 0.05) is 5.02 Å². The highest BCUT2D eigenvalue weighted by Gasteiger charge is 2.39. The highest BCUT2D eigenvalue weighted by atomic mass is 35.5. The van der Waals surface area contributed by atoms with Crippen molar-refractivity contribution in [2.75, 3.05) is 19.0 Å². The van der Waals surface area contributed by atoms with Gasteiger partial charge in [0.2, 0.25) is 0 Å². The molecule has 0 radical (unpaired) electrons. The van der Waals surface area contributed by atoms with Crippen LogP contribution < -0.4 is 10.1 Å². The van der Waals surface area contributed by atoms with Crippen LogP contribution in [0.1, 0.15) is 6.92 Å². The van der Waals surface area contributed by atoms with Gasteiger partial charge in [-0.3, -0.25) is 0 Å². The molecule has 0 amide bonds. The Balaban J connectivity index is 2.32. The topological polar surface area (TPSA) is 47.6 Å². The molecule has 86 valence electrons. The molecule has 1 aromatic carbocycles. The van der Waals surface area contributed by atoms with E-state index in [0.717, 1.165) is 0 Å². The van der Waals surface area contributed by atoms with E-state index in [-0.39, 0.29) is 12.6 Å². The average molecular weight is 242 g/mol. The molecule has 0 aromatic heterocycles. The van der Waals surface area contributed by atoms with Gasteiger partial charge in [0.05, 0.1) is 12.8 Å². The van der Waals surface area contributed by atoms with Crippen LogP contribution >= 0.6 is 11.6 Å². The smallest absolute Gasteiger partial charge is 0.334 e. The lowest BCUT2D eigenvalue weighted by atomic mass is 10.0. The van der Waals surface area contributed by atoms with Crippen LogP contribution in [0.15, 0.2) is 18.2 Å². The Morgan fingerprint density at radius 1 is 1.62 bits per heavy atom. The standard InChI is InChI=1S/C11H12ClNO3/c1-11(10(14)15-2)6-16-9-4-3-7(12)5-8(9)13-11/h3-5,13H,6H2,1-2H3. The van der Waals surface area contributed by atoms with E-state index in [9.17, 15) is 4.79 Å². The van der Waals surface area contributed by atoms with E-state index in [1.54, 1.807) is 25.1 Å². The molecule has 5 heteroatoms. The van der Waals surface area contributed by atoms with Gasteiger partial charge in [-0.05, 0) is 25.1 Å². The third-order valence-corrected chi connectivity index (χ3v) is 2.74. The number of nitrogens with one attached hydrogen (secondary N) is 1. The molecular weight excluding hydrogens is 230 g/mol. The summed E-state index contributed by atoms with van der Waals surface area (Å²) in [5.74, 6) is 0.323. The van der Waals surface area contributed by atoms with Crippen LogP contribution in [-0.4, -0.2) is 25.2 Å². The molecule has 1 aliphatic heterocycles. The van der Waals surface area contributed by atoms with Crippen molar-refractivity contribution in [3.63, 3.8) is 0 Å². The highest BCUT2D eigenvalue weighted by Crippen LogP contribution is 2.34. The van der Waals surface area contributed by atoms with E-state index in [4.69, 9.17) is 21.1 Å². The first-order chi connectivity index (χ1) is 7.55. The zero-order valence-corrected chi connectivity index (χ0v) is 9.80. The van der Waals surface area contributed by atoms with Gasteiger partial charge >= 0.3 is 5.97 Å². The molecule has 2 rings (SSSR count). The lowest BCUT2D eigenvalue weighted by Gasteiger charge is -2.34. The Kier molecular flexibility index (Phi) is 2.68. The number of anilines is 1. The summed E-state index contributed by atoms with van der Waals surface area (Å²) in [5, 5.41) is 3.67. The van der Waals surface area contributed by atoms with Crippen molar-refractivity contribution in [3.8, 4) is 5.75 Å². The van der Waals surface area contributed by atoms with E-state index in [1.165, 1.54) is 7.11 Å².